The average Bonchev–Trinajstić information content (AvgIpc) is 3.47. The first-order valence-electron chi connectivity index (χ1n) is 11.9. The molecule has 11 nitrogen and oxygen atoms in total. The third-order valence-electron chi connectivity index (χ3n) is 6.27. The number of nitrogens with zero attached hydrogens (tertiary/aromatic N) is 2. The molecule has 2 heterocycles. The van der Waals surface area contributed by atoms with Gasteiger partial charge >= 0.3 is 5.97 Å². The summed E-state index contributed by atoms with van der Waals surface area (Å²) in [5, 5.41) is 15.0. The van der Waals surface area contributed by atoms with Gasteiger partial charge in [0, 0.05) is 24.9 Å². The van der Waals surface area contributed by atoms with Crippen LogP contribution in [0.1, 0.15) is 59.1 Å². The highest BCUT2D eigenvalue weighted by molar-refractivity contribution is 5.94. The molecule has 1 aromatic rings. The van der Waals surface area contributed by atoms with E-state index >= 15 is 0 Å². The van der Waals surface area contributed by atoms with E-state index in [1.165, 1.54) is 11.2 Å². The lowest BCUT2D eigenvalue weighted by Crippen LogP contribution is -2.59. The highest BCUT2D eigenvalue weighted by atomic mass is 16.4. The number of carbonyl (C=O) groups is 4. The Labute approximate surface area is 200 Å². The van der Waals surface area contributed by atoms with Crippen LogP contribution in [-0.2, 0) is 25.6 Å². The molecule has 5 atom stereocenters. The summed E-state index contributed by atoms with van der Waals surface area (Å²) in [5.41, 5.74) is 6.73. The monoisotopic (exact) mass is 478 g/mol. The second-order valence-electron chi connectivity index (χ2n) is 9.48. The van der Waals surface area contributed by atoms with Crippen LogP contribution in [0.25, 0.3) is 0 Å². The molecular weight excluding hydrogens is 440 g/mol. The van der Waals surface area contributed by atoms with Gasteiger partial charge in [0.15, 0.2) is 0 Å². The maximum atomic E-state index is 13.3. The molecule has 1 aromatic heterocycles. The second kappa shape index (κ2) is 12.5. The zero-order valence-electron chi connectivity index (χ0n) is 20.4. The fourth-order valence-electron chi connectivity index (χ4n) is 4.13. The van der Waals surface area contributed by atoms with Crippen molar-refractivity contribution in [3.8, 4) is 0 Å². The zero-order valence-corrected chi connectivity index (χ0v) is 20.4. The maximum Gasteiger partial charge on any atom is 0.326 e. The van der Waals surface area contributed by atoms with Gasteiger partial charge in [0.05, 0.1) is 12.4 Å². The van der Waals surface area contributed by atoms with E-state index in [4.69, 9.17) is 5.73 Å². The fourth-order valence-corrected chi connectivity index (χ4v) is 4.13. The van der Waals surface area contributed by atoms with Gasteiger partial charge in [0.1, 0.15) is 18.1 Å². The molecule has 0 aromatic carbocycles. The molecule has 34 heavy (non-hydrogen) atoms. The lowest BCUT2D eigenvalue weighted by molar-refractivity contribution is -0.149. The van der Waals surface area contributed by atoms with E-state index in [0.717, 1.165) is 0 Å². The number of aromatic amines is 1. The molecule has 1 aliphatic heterocycles. The van der Waals surface area contributed by atoms with Gasteiger partial charge in [0.25, 0.3) is 0 Å². The molecule has 190 valence electrons. The van der Waals surface area contributed by atoms with E-state index in [2.05, 4.69) is 20.6 Å². The molecule has 11 heteroatoms. The highest BCUT2D eigenvalue weighted by Gasteiger charge is 2.39. The van der Waals surface area contributed by atoms with Gasteiger partial charge in [-0.25, -0.2) is 9.78 Å². The number of nitrogens with two attached hydrogens (primary N) is 1. The van der Waals surface area contributed by atoms with Crippen LogP contribution in [0.4, 0.5) is 0 Å². The summed E-state index contributed by atoms with van der Waals surface area (Å²) in [6, 6.07) is -3.53. The number of hydrogen-bond acceptors (Lipinski definition) is 6. The smallest absolute Gasteiger partial charge is 0.326 e. The minimum Gasteiger partial charge on any atom is -0.480 e. The summed E-state index contributed by atoms with van der Waals surface area (Å²) < 4.78 is 0. The Morgan fingerprint density at radius 3 is 2.50 bits per heavy atom. The molecule has 0 saturated carbocycles. The number of carboxylic acids is 1. The quantitative estimate of drug-likeness (QED) is 0.290. The average molecular weight is 479 g/mol. The van der Waals surface area contributed by atoms with Crippen molar-refractivity contribution in [2.45, 2.75) is 84.0 Å². The van der Waals surface area contributed by atoms with Crippen molar-refractivity contribution >= 4 is 23.7 Å². The van der Waals surface area contributed by atoms with Crippen LogP contribution in [0.5, 0.6) is 0 Å². The van der Waals surface area contributed by atoms with Crippen molar-refractivity contribution in [2.24, 2.45) is 17.6 Å². The molecule has 0 bridgehead atoms. The molecule has 0 radical (unpaired) electrons. The number of aromatic nitrogens is 2. The van der Waals surface area contributed by atoms with Crippen molar-refractivity contribution in [3.63, 3.8) is 0 Å². The number of carbonyl (C=O) groups excluding carboxylic acids is 3. The molecule has 2 rings (SSSR count). The molecule has 1 aliphatic rings. The third-order valence-corrected chi connectivity index (χ3v) is 6.27. The van der Waals surface area contributed by atoms with E-state index in [9.17, 15) is 24.3 Å². The topological polar surface area (TPSA) is 171 Å². The van der Waals surface area contributed by atoms with Crippen molar-refractivity contribution in [2.75, 3.05) is 6.54 Å². The lowest BCUT2D eigenvalue weighted by Gasteiger charge is -2.31. The molecule has 3 amide bonds. The number of carboxylic acid groups (broad SMARTS) is 1. The summed E-state index contributed by atoms with van der Waals surface area (Å²) in [7, 11) is 0. The van der Waals surface area contributed by atoms with E-state index in [1.807, 2.05) is 27.7 Å². The molecular formula is C23H38N6O5. The van der Waals surface area contributed by atoms with E-state index in [1.54, 1.807) is 6.20 Å². The molecule has 1 fully saturated rings. The summed E-state index contributed by atoms with van der Waals surface area (Å²) in [6.07, 6.45) is 5.28. The van der Waals surface area contributed by atoms with E-state index in [-0.39, 0.29) is 18.3 Å². The van der Waals surface area contributed by atoms with Crippen molar-refractivity contribution in [1.82, 2.24) is 25.5 Å². The van der Waals surface area contributed by atoms with Crippen molar-refractivity contribution in [1.29, 1.82) is 0 Å². The Morgan fingerprint density at radius 1 is 1.24 bits per heavy atom. The van der Waals surface area contributed by atoms with Gasteiger partial charge in [-0.05, 0) is 31.1 Å². The predicted octanol–water partition coefficient (Wildman–Crippen LogP) is 0.417. The van der Waals surface area contributed by atoms with Crippen molar-refractivity contribution < 1.29 is 24.3 Å². The van der Waals surface area contributed by atoms with E-state index < -0.39 is 47.9 Å². The summed E-state index contributed by atoms with van der Waals surface area (Å²) in [4.78, 5) is 59.0. The van der Waals surface area contributed by atoms with E-state index in [0.29, 0.717) is 37.9 Å². The summed E-state index contributed by atoms with van der Waals surface area (Å²) >= 11 is 0. The number of H-pyrrole nitrogens is 1. The van der Waals surface area contributed by atoms with Crippen LogP contribution in [0.2, 0.25) is 0 Å². The Kier molecular flexibility index (Phi) is 10.0. The fraction of sp³-hybridized carbons (Fsp3) is 0.696. The first kappa shape index (κ1) is 27.3. The number of likely N-dealkylation sites (tertiary alicyclic amines) is 1. The van der Waals surface area contributed by atoms with Crippen molar-refractivity contribution in [3.05, 3.63) is 18.2 Å². The predicted molar refractivity (Wildman–Crippen MR) is 125 cm³/mol. The molecule has 0 aliphatic carbocycles. The van der Waals surface area contributed by atoms with Gasteiger partial charge in [-0.1, -0.05) is 34.1 Å². The number of nitrogens with one attached hydrogen (secondary N) is 3. The number of hydrogen-bond donors (Lipinski definition) is 5. The van der Waals surface area contributed by atoms with Gasteiger partial charge in [-0.15, -0.1) is 0 Å². The van der Waals surface area contributed by atoms with Gasteiger partial charge in [-0.2, -0.15) is 0 Å². The lowest BCUT2D eigenvalue weighted by atomic mass is 9.96. The summed E-state index contributed by atoms with van der Waals surface area (Å²) in [6.45, 7) is 7.93. The van der Waals surface area contributed by atoms with Crippen LogP contribution in [0.15, 0.2) is 12.5 Å². The summed E-state index contributed by atoms with van der Waals surface area (Å²) in [5.74, 6) is -2.54. The van der Waals surface area contributed by atoms with Crippen LogP contribution in [0, 0.1) is 11.8 Å². The molecule has 1 saturated heterocycles. The standard InChI is InChI=1S/C23H38N6O5/c1-5-14(4)19(28-20(30)16(24)10-15-11-25-12-26-15)21(31)27-17(9-13(2)3)22(32)29-8-6-7-18(29)23(33)34/h11-14,16-19H,5-10,24H2,1-4H3,(H,25,26)(H,27,31)(H,28,30)(H,33,34). The molecule has 5 unspecified atom stereocenters. The van der Waals surface area contributed by atoms with Crippen LogP contribution in [-0.4, -0.2) is 74.4 Å². The van der Waals surface area contributed by atoms with Crippen LogP contribution in [0.3, 0.4) is 0 Å². The first-order chi connectivity index (χ1) is 16.0. The number of rotatable bonds is 12. The molecule has 6 N–H and O–H groups in total. The maximum absolute atomic E-state index is 13.3. The van der Waals surface area contributed by atoms with Gasteiger partial charge in [0.2, 0.25) is 17.7 Å². The Bertz CT molecular complexity index is 843. The Balaban J connectivity index is 2.13. The first-order valence-corrected chi connectivity index (χ1v) is 11.9. The highest BCUT2D eigenvalue weighted by Crippen LogP contribution is 2.21. The Morgan fingerprint density at radius 2 is 1.94 bits per heavy atom. The largest absolute Gasteiger partial charge is 0.480 e. The van der Waals surface area contributed by atoms with Crippen LogP contribution >= 0.6 is 0 Å². The van der Waals surface area contributed by atoms with Gasteiger partial charge < -0.3 is 31.4 Å². The number of aliphatic carboxylic acids is 1. The number of imidazole rings is 1. The second-order valence-corrected chi connectivity index (χ2v) is 9.48. The Hall–Kier alpha value is -2.95. The van der Waals surface area contributed by atoms with Crippen LogP contribution < -0.4 is 16.4 Å². The normalized spacial score (nSPS) is 19.4. The zero-order chi connectivity index (χ0) is 25.4. The molecule has 0 spiro atoms. The number of amides is 3. The minimum atomic E-state index is -1.04. The third kappa shape index (κ3) is 7.28. The van der Waals surface area contributed by atoms with Gasteiger partial charge in [-0.3, -0.25) is 14.4 Å². The minimum absolute atomic E-state index is 0.0830. The SMILES string of the molecule is CCC(C)C(NC(=O)C(N)Cc1cnc[nH]1)C(=O)NC(CC(C)C)C(=O)N1CCCC1C(=O)O.